The molecule has 0 saturated heterocycles. The van der Waals surface area contributed by atoms with Crippen molar-refractivity contribution in [1.29, 1.82) is 0 Å². The Kier molecular flexibility index (Phi) is 3.77. The minimum atomic E-state index is -0.104. The standard InChI is InChI=1S/C22H26B2N2O2/c1-21(2)15-27-19-23(17-11-7-5-8-12-17)20-26(22(3,4)16-28-20)24(25(19)21)18-13-9-6-10-14-18/h5-14H,15-16H2,1-4H3/q+2. The van der Waals surface area contributed by atoms with Gasteiger partial charge in [0.25, 0.3) is 11.6 Å². The second kappa shape index (κ2) is 6.00. The van der Waals surface area contributed by atoms with E-state index in [1.54, 1.807) is 0 Å². The molecule has 3 heterocycles. The summed E-state index contributed by atoms with van der Waals surface area (Å²) in [5.41, 5.74) is 2.27. The van der Waals surface area contributed by atoms with Gasteiger partial charge in [-0.2, -0.15) is 0 Å². The summed E-state index contributed by atoms with van der Waals surface area (Å²) in [4.78, 5) is 0. The van der Waals surface area contributed by atoms with Gasteiger partial charge in [-0.05, 0) is 5.46 Å². The van der Waals surface area contributed by atoms with Crippen LogP contribution in [-0.4, -0.2) is 58.6 Å². The lowest BCUT2D eigenvalue weighted by Crippen LogP contribution is -2.69. The number of hydrogen-bond donors (Lipinski definition) is 0. The predicted octanol–water partition coefficient (Wildman–Crippen LogP) is 1.32. The molecule has 5 rings (SSSR count). The van der Waals surface area contributed by atoms with Crippen LogP contribution in [0.25, 0.3) is 0 Å². The molecule has 2 aromatic rings. The van der Waals surface area contributed by atoms with Gasteiger partial charge in [-0.1, -0.05) is 60.7 Å². The van der Waals surface area contributed by atoms with E-state index in [4.69, 9.17) is 9.47 Å². The molecule has 0 amide bonds. The van der Waals surface area contributed by atoms with E-state index < -0.39 is 0 Å². The Labute approximate surface area is 167 Å². The first-order chi connectivity index (χ1) is 13.4. The summed E-state index contributed by atoms with van der Waals surface area (Å²) >= 11 is 0. The predicted molar refractivity (Wildman–Crippen MR) is 114 cm³/mol. The van der Waals surface area contributed by atoms with Crippen molar-refractivity contribution in [2.75, 3.05) is 13.2 Å². The average Bonchev–Trinajstić information content (AvgIpc) is 3.18. The summed E-state index contributed by atoms with van der Waals surface area (Å²) in [6.07, 6.45) is 0. The zero-order chi connectivity index (χ0) is 19.5. The van der Waals surface area contributed by atoms with Crippen LogP contribution in [0.1, 0.15) is 27.7 Å². The van der Waals surface area contributed by atoms with Crippen molar-refractivity contribution in [2.45, 2.75) is 38.8 Å². The van der Waals surface area contributed by atoms with Gasteiger partial charge in [0.15, 0.2) is 24.3 Å². The molecule has 0 atom stereocenters. The minimum absolute atomic E-state index is 0.00953. The maximum Gasteiger partial charge on any atom is 0.872 e. The Morgan fingerprint density at radius 1 is 0.679 bits per heavy atom. The van der Waals surface area contributed by atoms with Gasteiger partial charge in [0.2, 0.25) is 0 Å². The van der Waals surface area contributed by atoms with E-state index in [-0.39, 0.29) is 24.8 Å². The second-order valence-corrected chi connectivity index (χ2v) is 9.25. The summed E-state index contributed by atoms with van der Waals surface area (Å²) < 4.78 is 17.7. The van der Waals surface area contributed by atoms with Gasteiger partial charge in [0, 0.05) is 27.7 Å². The highest BCUT2D eigenvalue weighted by atomic mass is 16.5. The smallest absolute Gasteiger partial charge is 0.450 e. The van der Waals surface area contributed by atoms with Crippen LogP contribution in [0, 0.1) is 0 Å². The molecule has 3 aliphatic heterocycles. The van der Waals surface area contributed by atoms with Crippen LogP contribution >= 0.6 is 0 Å². The summed E-state index contributed by atoms with van der Waals surface area (Å²) in [5.74, 6) is 2.02. The van der Waals surface area contributed by atoms with Gasteiger partial charge in [-0.15, -0.1) is 0 Å². The molecular weight excluding hydrogens is 346 g/mol. The van der Waals surface area contributed by atoms with E-state index >= 15 is 0 Å². The number of hydrogen-bond acceptors (Lipinski definition) is 2. The summed E-state index contributed by atoms with van der Waals surface area (Å²) in [6.45, 7) is 10.5. The third-order valence-electron chi connectivity index (χ3n) is 6.14. The Balaban J connectivity index is 1.80. The Morgan fingerprint density at radius 3 is 1.57 bits per heavy atom. The molecule has 0 aromatic heterocycles. The summed E-state index contributed by atoms with van der Waals surface area (Å²) in [5, 5.41) is 0. The molecule has 3 aliphatic rings. The lowest BCUT2D eigenvalue weighted by atomic mass is 9.40. The first-order valence-corrected chi connectivity index (χ1v) is 10.1. The van der Waals surface area contributed by atoms with Crippen LogP contribution < -0.4 is 10.9 Å². The fraction of sp³-hybridized carbons (Fsp3) is 0.364. The van der Waals surface area contributed by atoms with Crippen molar-refractivity contribution < 1.29 is 18.4 Å². The Morgan fingerprint density at radius 2 is 1.11 bits per heavy atom. The molecular formula is C22H26B2N2O2+2. The fourth-order valence-electron chi connectivity index (χ4n) is 4.80. The zero-order valence-corrected chi connectivity index (χ0v) is 17.1. The van der Waals surface area contributed by atoms with Gasteiger partial charge in [-0.3, -0.25) is 0 Å². The van der Waals surface area contributed by atoms with Crippen LogP contribution in [0.2, 0.25) is 0 Å². The van der Waals surface area contributed by atoms with E-state index in [0.29, 0.717) is 13.2 Å². The number of benzene rings is 2. The van der Waals surface area contributed by atoms with Gasteiger partial charge < -0.3 is 9.47 Å². The van der Waals surface area contributed by atoms with Crippen molar-refractivity contribution in [3.05, 3.63) is 60.7 Å². The lowest BCUT2D eigenvalue weighted by Gasteiger charge is -2.24. The van der Waals surface area contributed by atoms with E-state index in [9.17, 15) is 0 Å². The SMILES string of the molecule is CC1(C)COC2=[N+]1B(c1ccccc1)[N+]1=C(OCC1(C)C)B2c1ccccc1. The maximum absolute atomic E-state index is 6.38. The molecule has 2 aromatic carbocycles. The Hall–Kier alpha value is -2.49. The molecule has 0 fully saturated rings. The van der Waals surface area contributed by atoms with Crippen molar-refractivity contribution >= 4 is 36.2 Å². The van der Waals surface area contributed by atoms with Crippen molar-refractivity contribution in [3.63, 3.8) is 0 Å². The van der Waals surface area contributed by atoms with Crippen molar-refractivity contribution in [3.8, 4) is 0 Å². The molecule has 0 radical (unpaired) electrons. The van der Waals surface area contributed by atoms with E-state index in [1.165, 1.54) is 10.9 Å². The highest BCUT2D eigenvalue weighted by Gasteiger charge is 2.73. The molecule has 0 saturated carbocycles. The number of nitrogens with zero attached hydrogens (tertiary/aromatic N) is 2. The van der Waals surface area contributed by atoms with Gasteiger partial charge in [0.05, 0.1) is 5.46 Å². The summed E-state index contributed by atoms with van der Waals surface area (Å²) in [7, 11) is 0. The van der Waals surface area contributed by atoms with Crippen LogP contribution in [0.4, 0.5) is 0 Å². The van der Waals surface area contributed by atoms with E-state index in [1.807, 2.05) is 0 Å². The third-order valence-corrected chi connectivity index (χ3v) is 6.14. The van der Waals surface area contributed by atoms with Gasteiger partial charge in [0.1, 0.15) is 0 Å². The third kappa shape index (κ3) is 2.47. The largest absolute Gasteiger partial charge is 0.872 e. The number of ether oxygens (including phenoxy) is 2. The lowest BCUT2D eigenvalue weighted by molar-refractivity contribution is -0.583. The van der Waals surface area contributed by atoms with Gasteiger partial charge >= 0.3 is 13.7 Å². The molecule has 6 heteroatoms. The van der Waals surface area contributed by atoms with Gasteiger partial charge in [-0.25, -0.2) is 8.97 Å². The zero-order valence-electron chi connectivity index (χ0n) is 17.1. The molecule has 140 valence electrons. The molecule has 0 spiro atoms. The summed E-state index contributed by atoms with van der Waals surface area (Å²) in [6, 6.07) is 21.3. The molecule has 0 N–H and O–H groups in total. The van der Waals surface area contributed by atoms with Crippen LogP contribution in [0.5, 0.6) is 0 Å². The van der Waals surface area contributed by atoms with E-state index in [2.05, 4.69) is 97.3 Å². The monoisotopic (exact) mass is 372 g/mol. The average molecular weight is 372 g/mol. The number of rotatable bonds is 2. The minimum Gasteiger partial charge on any atom is -0.450 e. The second-order valence-electron chi connectivity index (χ2n) is 9.25. The van der Waals surface area contributed by atoms with E-state index in [0.717, 1.165) is 11.6 Å². The molecule has 4 nitrogen and oxygen atoms in total. The Bertz CT molecular complexity index is 942. The molecule has 28 heavy (non-hydrogen) atoms. The fourth-order valence-corrected chi connectivity index (χ4v) is 4.80. The highest BCUT2D eigenvalue weighted by molar-refractivity contribution is 7.18. The first-order valence-electron chi connectivity index (χ1n) is 10.1. The highest BCUT2D eigenvalue weighted by Crippen LogP contribution is 2.30. The topological polar surface area (TPSA) is 24.5 Å². The van der Waals surface area contributed by atoms with Crippen LogP contribution in [-0.2, 0) is 9.47 Å². The quantitative estimate of drug-likeness (QED) is 0.743. The molecule has 0 bridgehead atoms. The van der Waals surface area contributed by atoms with Crippen LogP contribution in [0.15, 0.2) is 60.7 Å². The molecule has 0 aliphatic carbocycles. The maximum atomic E-state index is 6.38. The molecule has 0 unspecified atom stereocenters. The van der Waals surface area contributed by atoms with Crippen LogP contribution in [0.3, 0.4) is 0 Å². The van der Waals surface area contributed by atoms with Crippen molar-refractivity contribution in [1.82, 2.24) is 0 Å². The van der Waals surface area contributed by atoms with Crippen molar-refractivity contribution in [2.24, 2.45) is 0 Å². The normalized spacial score (nSPS) is 22.0. The first kappa shape index (κ1) is 17.6.